The van der Waals surface area contributed by atoms with Gasteiger partial charge in [-0.1, -0.05) is 17.7 Å². The van der Waals surface area contributed by atoms with Gasteiger partial charge in [0, 0.05) is 18.1 Å². The Kier molecular flexibility index (Phi) is 8.55. The highest BCUT2D eigenvalue weighted by Crippen LogP contribution is 2.31. The zero-order valence-corrected chi connectivity index (χ0v) is 24.2. The van der Waals surface area contributed by atoms with Crippen LogP contribution in [0.3, 0.4) is 0 Å². The topological polar surface area (TPSA) is 113 Å². The van der Waals surface area contributed by atoms with Crippen molar-refractivity contribution in [2.75, 3.05) is 36.4 Å². The van der Waals surface area contributed by atoms with Gasteiger partial charge in [-0.15, -0.1) is 0 Å². The lowest BCUT2D eigenvalue weighted by Crippen LogP contribution is -2.38. The van der Waals surface area contributed by atoms with Gasteiger partial charge < -0.3 is 10.1 Å². The zero-order valence-electron chi connectivity index (χ0n) is 21.8. The lowest BCUT2D eigenvalue weighted by molar-refractivity contribution is -0.114. The van der Waals surface area contributed by atoms with Crippen LogP contribution in [0.1, 0.15) is 24.0 Å². The van der Waals surface area contributed by atoms with Crippen LogP contribution in [0.15, 0.2) is 70.5 Å². The first-order valence-corrected chi connectivity index (χ1v) is 15.5. The molecule has 3 aromatic carbocycles. The third-order valence-electron chi connectivity index (χ3n) is 6.62. The highest BCUT2D eigenvalue weighted by Gasteiger charge is 2.30. The molecule has 0 atom stereocenters. The molecule has 4 rings (SSSR count). The van der Waals surface area contributed by atoms with E-state index in [4.69, 9.17) is 16.3 Å². The summed E-state index contributed by atoms with van der Waals surface area (Å²) in [5.74, 6) is -0.443. The Labute approximate surface area is 234 Å². The predicted molar refractivity (Wildman–Crippen MR) is 152 cm³/mol. The molecule has 1 saturated heterocycles. The Morgan fingerprint density at radius 3 is 2.18 bits per heavy atom. The van der Waals surface area contributed by atoms with Crippen LogP contribution >= 0.6 is 11.6 Å². The number of aryl methyl sites for hydroxylation is 2. The minimum absolute atomic E-state index is 0.0142. The van der Waals surface area contributed by atoms with Crippen molar-refractivity contribution in [1.82, 2.24) is 4.31 Å². The summed E-state index contributed by atoms with van der Waals surface area (Å²) in [5.41, 5.74) is 2.24. The van der Waals surface area contributed by atoms with Crippen molar-refractivity contribution >= 4 is 48.9 Å². The number of methoxy groups -OCH3 is 1. The van der Waals surface area contributed by atoms with Gasteiger partial charge in [-0.3, -0.25) is 9.10 Å². The summed E-state index contributed by atoms with van der Waals surface area (Å²) in [6.45, 7) is 4.05. The number of nitrogens with one attached hydrogen (secondary N) is 1. The molecule has 1 aliphatic heterocycles. The monoisotopic (exact) mass is 591 g/mol. The van der Waals surface area contributed by atoms with Gasteiger partial charge in [0.05, 0.1) is 28.3 Å². The molecule has 1 aliphatic rings. The normalized spacial score (nSPS) is 14.3. The van der Waals surface area contributed by atoms with Crippen LogP contribution < -0.4 is 14.4 Å². The number of amides is 1. The largest absolute Gasteiger partial charge is 0.495 e. The van der Waals surface area contributed by atoms with Gasteiger partial charge in [0.15, 0.2) is 0 Å². The first kappa shape index (κ1) is 28.9. The fourth-order valence-electron chi connectivity index (χ4n) is 4.27. The quantitative estimate of drug-likeness (QED) is 0.390. The van der Waals surface area contributed by atoms with Crippen LogP contribution in [-0.4, -0.2) is 53.8 Å². The van der Waals surface area contributed by atoms with Crippen LogP contribution in [0.5, 0.6) is 5.75 Å². The molecule has 0 spiro atoms. The second-order valence-electron chi connectivity index (χ2n) is 9.26. The Morgan fingerprint density at radius 2 is 1.56 bits per heavy atom. The molecule has 9 nitrogen and oxygen atoms in total. The number of hydrogen-bond acceptors (Lipinski definition) is 6. The van der Waals surface area contributed by atoms with Crippen molar-refractivity contribution in [3.05, 3.63) is 76.8 Å². The smallest absolute Gasteiger partial charge is 0.264 e. The molecule has 1 fully saturated rings. The molecule has 0 bridgehead atoms. The minimum Gasteiger partial charge on any atom is -0.495 e. The third-order valence-corrected chi connectivity index (χ3v) is 10.5. The molecule has 0 saturated carbocycles. The summed E-state index contributed by atoms with van der Waals surface area (Å²) in [6, 6.07) is 15.0. The Morgan fingerprint density at radius 1 is 0.923 bits per heavy atom. The maximum Gasteiger partial charge on any atom is 0.264 e. The molecular formula is C27H30ClN3O6S2. The van der Waals surface area contributed by atoms with E-state index in [1.807, 2.05) is 13.8 Å². The van der Waals surface area contributed by atoms with E-state index >= 15 is 0 Å². The molecule has 1 amide bonds. The van der Waals surface area contributed by atoms with E-state index in [9.17, 15) is 21.6 Å². The van der Waals surface area contributed by atoms with Crippen LogP contribution in [0.25, 0.3) is 0 Å². The van der Waals surface area contributed by atoms with Crippen LogP contribution in [0, 0.1) is 13.8 Å². The van der Waals surface area contributed by atoms with Gasteiger partial charge in [-0.05, 0) is 92.4 Å². The number of ether oxygens (including phenoxy) is 1. The number of rotatable bonds is 9. The van der Waals surface area contributed by atoms with E-state index in [-0.39, 0.29) is 21.2 Å². The minimum atomic E-state index is -4.17. The number of carbonyl (C=O) groups excluding carboxylic acids is 1. The van der Waals surface area contributed by atoms with E-state index in [2.05, 4.69) is 5.32 Å². The average molecular weight is 592 g/mol. The van der Waals surface area contributed by atoms with Gasteiger partial charge in [-0.25, -0.2) is 16.8 Å². The molecule has 1 N–H and O–H groups in total. The summed E-state index contributed by atoms with van der Waals surface area (Å²) in [4.78, 5) is 13.3. The first-order chi connectivity index (χ1) is 18.4. The average Bonchev–Trinajstić information content (AvgIpc) is 3.45. The van der Waals surface area contributed by atoms with Gasteiger partial charge in [0.1, 0.15) is 12.3 Å². The molecule has 3 aromatic rings. The summed E-state index contributed by atoms with van der Waals surface area (Å²) in [5, 5.41) is 3.02. The van der Waals surface area contributed by atoms with E-state index in [0.717, 1.165) is 28.3 Å². The highest BCUT2D eigenvalue weighted by atomic mass is 35.5. The first-order valence-electron chi connectivity index (χ1n) is 12.3. The summed E-state index contributed by atoms with van der Waals surface area (Å²) in [7, 11) is -6.52. The van der Waals surface area contributed by atoms with Crippen molar-refractivity contribution in [3.8, 4) is 5.75 Å². The number of carbonyl (C=O) groups is 1. The van der Waals surface area contributed by atoms with Crippen molar-refractivity contribution in [2.45, 2.75) is 36.5 Å². The molecule has 0 unspecified atom stereocenters. The van der Waals surface area contributed by atoms with Gasteiger partial charge >= 0.3 is 0 Å². The lowest BCUT2D eigenvalue weighted by Gasteiger charge is -2.25. The molecule has 12 heteroatoms. The number of sulfonamides is 2. The molecule has 0 aliphatic carbocycles. The molecule has 208 valence electrons. The molecule has 39 heavy (non-hydrogen) atoms. The van der Waals surface area contributed by atoms with E-state index < -0.39 is 32.5 Å². The third kappa shape index (κ3) is 6.22. The van der Waals surface area contributed by atoms with Gasteiger partial charge in [0.25, 0.3) is 10.0 Å². The van der Waals surface area contributed by atoms with Crippen molar-refractivity contribution in [2.24, 2.45) is 0 Å². The van der Waals surface area contributed by atoms with Crippen molar-refractivity contribution in [3.63, 3.8) is 0 Å². The Hall–Kier alpha value is -3.12. The van der Waals surface area contributed by atoms with E-state index in [1.54, 1.807) is 18.2 Å². The SMILES string of the molecule is COc1ccc(S(=O)(=O)N2CCCC2)cc1NC(=O)CN(c1ccc(C)c(C)c1)S(=O)(=O)c1ccc(Cl)cc1. The highest BCUT2D eigenvalue weighted by molar-refractivity contribution is 7.92. The van der Waals surface area contributed by atoms with Gasteiger partial charge in [0.2, 0.25) is 15.9 Å². The summed E-state index contributed by atoms with van der Waals surface area (Å²) < 4.78 is 61.3. The molecule has 0 aromatic heterocycles. The summed E-state index contributed by atoms with van der Waals surface area (Å²) >= 11 is 5.96. The standard InChI is InChI=1S/C27H30ClN3O6S2/c1-19-6-9-22(16-20(19)2)31(39(35,36)23-10-7-21(28)8-11-23)18-27(32)29-25-17-24(12-13-26(25)37-3)38(33,34)30-14-4-5-15-30/h6-13,16-17H,4-5,14-15,18H2,1-3H3,(H,29,32). The maximum atomic E-state index is 13.7. The Bertz CT molecular complexity index is 1590. The number of benzene rings is 3. The van der Waals surface area contributed by atoms with Crippen molar-refractivity contribution < 1.29 is 26.4 Å². The number of hydrogen-bond donors (Lipinski definition) is 1. The number of nitrogens with zero attached hydrogens (tertiary/aromatic N) is 2. The summed E-state index contributed by atoms with van der Waals surface area (Å²) in [6.07, 6.45) is 1.57. The van der Waals surface area contributed by atoms with Crippen molar-refractivity contribution in [1.29, 1.82) is 0 Å². The maximum absolute atomic E-state index is 13.7. The van der Waals surface area contributed by atoms with Gasteiger partial charge in [-0.2, -0.15) is 4.31 Å². The van der Waals surface area contributed by atoms with Crippen LogP contribution in [0.4, 0.5) is 11.4 Å². The van der Waals surface area contributed by atoms with E-state index in [0.29, 0.717) is 23.8 Å². The zero-order chi connectivity index (χ0) is 28.4. The van der Waals surface area contributed by atoms with Crippen LogP contribution in [0.2, 0.25) is 5.02 Å². The van der Waals surface area contributed by atoms with Crippen LogP contribution in [-0.2, 0) is 24.8 Å². The second-order valence-corrected chi connectivity index (χ2v) is 13.5. The molecular weight excluding hydrogens is 562 g/mol. The number of anilines is 2. The Balaban J connectivity index is 1.68. The predicted octanol–water partition coefficient (Wildman–Crippen LogP) is 4.58. The molecule has 1 heterocycles. The second kappa shape index (κ2) is 11.5. The fourth-order valence-corrected chi connectivity index (χ4v) is 7.36. The lowest BCUT2D eigenvalue weighted by atomic mass is 10.1. The fraction of sp³-hybridized carbons (Fsp3) is 0.296. The van der Waals surface area contributed by atoms with E-state index in [1.165, 1.54) is 53.9 Å². The molecule has 0 radical (unpaired) electrons. The number of halogens is 1.